The summed E-state index contributed by atoms with van der Waals surface area (Å²) in [5, 5.41) is 28.4. The minimum atomic E-state index is -0.699. The first-order valence-corrected chi connectivity index (χ1v) is 7.66. The van der Waals surface area contributed by atoms with E-state index in [0.717, 1.165) is 11.1 Å². The van der Waals surface area contributed by atoms with Crippen molar-refractivity contribution in [3.8, 4) is 23.6 Å². The standard InChI is InChI=1S/C21H14N2O2/c22-13-17-8-11-20(12-18(17)14-23)25-19-9-6-16(7-10-19)21(24)15-4-2-1-3-5-15/h1-12,21,24H. The number of aliphatic hydroxyl groups excluding tert-OH is 1. The zero-order valence-electron chi connectivity index (χ0n) is 13.3. The number of nitriles is 2. The van der Waals surface area contributed by atoms with Crippen molar-refractivity contribution in [2.24, 2.45) is 0 Å². The van der Waals surface area contributed by atoms with Crippen LogP contribution < -0.4 is 4.74 Å². The van der Waals surface area contributed by atoms with Crippen LogP contribution >= 0.6 is 0 Å². The van der Waals surface area contributed by atoms with Gasteiger partial charge in [-0.25, -0.2) is 0 Å². The molecule has 0 aliphatic rings. The monoisotopic (exact) mass is 326 g/mol. The van der Waals surface area contributed by atoms with Gasteiger partial charge in [0.15, 0.2) is 0 Å². The van der Waals surface area contributed by atoms with Crippen LogP contribution in [0.15, 0.2) is 72.8 Å². The lowest BCUT2D eigenvalue weighted by atomic mass is 10.0. The lowest BCUT2D eigenvalue weighted by Gasteiger charge is -2.12. The van der Waals surface area contributed by atoms with E-state index in [2.05, 4.69) is 0 Å². The highest BCUT2D eigenvalue weighted by Crippen LogP contribution is 2.27. The molecule has 120 valence electrons. The molecule has 0 heterocycles. The van der Waals surface area contributed by atoms with Gasteiger partial charge < -0.3 is 9.84 Å². The molecule has 0 amide bonds. The maximum absolute atomic E-state index is 10.4. The fraction of sp³-hybridized carbons (Fsp3) is 0.0476. The predicted molar refractivity (Wildman–Crippen MR) is 92.9 cm³/mol. The first-order valence-electron chi connectivity index (χ1n) is 7.66. The molecule has 0 radical (unpaired) electrons. The van der Waals surface area contributed by atoms with Crippen LogP contribution in [0.25, 0.3) is 0 Å². The molecule has 1 N–H and O–H groups in total. The maximum Gasteiger partial charge on any atom is 0.128 e. The van der Waals surface area contributed by atoms with E-state index < -0.39 is 6.10 Å². The molecule has 0 spiro atoms. The molecular weight excluding hydrogens is 312 g/mol. The topological polar surface area (TPSA) is 77.0 Å². The molecule has 3 aromatic rings. The van der Waals surface area contributed by atoms with Crippen molar-refractivity contribution < 1.29 is 9.84 Å². The minimum absolute atomic E-state index is 0.274. The third kappa shape index (κ3) is 3.67. The van der Waals surface area contributed by atoms with E-state index in [1.54, 1.807) is 36.4 Å². The first kappa shape index (κ1) is 16.3. The molecular formula is C21H14N2O2. The second-order valence-corrected chi connectivity index (χ2v) is 5.42. The fourth-order valence-electron chi connectivity index (χ4n) is 2.46. The summed E-state index contributed by atoms with van der Waals surface area (Å²) in [7, 11) is 0. The summed E-state index contributed by atoms with van der Waals surface area (Å²) in [6, 6.07) is 25.2. The van der Waals surface area contributed by atoms with Crippen LogP contribution in [0.4, 0.5) is 0 Å². The Kier molecular flexibility index (Phi) is 4.76. The van der Waals surface area contributed by atoms with E-state index in [9.17, 15) is 5.11 Å². The van der Waals surface area contributed by atoms with E-state index >= 15 is 0 Å². The van der Waals surface area contributed by atoms with Crippen molar-refractivity contribution in [2.45, 2.75) is 6.10 Å². The lowest BCUT2D eigenvalue weighted by Crippen LogP contribution is -1.99. The van der Waals surface area contributed by atoms with Crippen LogP contribution in [-0.4, -0.2) is 5.11 Å². The molecule has 0 aliphatic heterocycles. The smallest absolute Gasteiger partial charge is 0.128 e. The van der Waals surface area contributed by atoms with Gasteiger partial charge in [0, 0.05) is 0 Å². The molecule has 0 saturated heterocycles. The minimum Gasteiger partial charge on any atom is -0.457 e. The average molecular weight is 326 g/mol. The molecule has 0 saturated carbocycles. The summed E-state index contributed by atoms with van der Waals surface area (Å²) >= 11 is 0. The highest BCUT2D eigenvalue weighted by Gasteiger charge is 2.10. The van der Waals surface area contributed by atoms with E-state index in [1.165, 1.54) is 6.07 Å². The van der Waals surface area contributed by atoms with Crippen molar-refractivity contribution in [1.29, 1.82) is 10.5 Å². The number of ether oxygens (including phenoxy) is 1. The van der Waals surface area contributed by atoms with Gasteiger partial charge in [-0.1, -0.05) is 42.5 Å². The molecule has 4 nitrogen and oxygen atoms in total. The SMILES string of the molecule is N#Cc1ccc(Oc2ccc(C(O)c3ccccc3)cc2)cc1C#N. The Morgan fingerprint density at radius 2 is 1.32 bits per heavy atom. The normalized spacial score (nSPS) is 11.2. The number of hydrogen-bond donors (Lipinski definition) is 1. The zero-order valence-corrected chi connectivity index (χ0v) is 13.3. The van der Waals surface area contributed by atoms with Gasteiger partial charge in [-0.3, -0.25) is 0 Å². The average Bonchev–Trinajstić information content (AvgIpc) is 2.68. The molecule has 4 heteroatoms. The molecule has 1 unspecified atom stereocenters. The van der Waals surface area contributed by atoms with Crippen molar-refractivity contribution >= 4 is 0 Å². The number of nitrogens with zero attached hydrogens (tertiary/aromatic N) is 2. The molecule has 0 aliphatic carbocycles. The van der Waals surface area contributed by atoms with Crippen LogP contribution in [0.3, 0.4) is 0 Å². The third-order valence-corrected chi connectivity index (χ3v) is 3.78. The van der Waals surface area contributed by atoms with Gasteiger partial charge in [0.25, 0.3) is 0 Å². The zero-order chi connectivity index (χ0) is 17.6. The van der Waals surface area contributed by atoms with E-state index in [0.29, 0.717) is 17.1 Å². The van der Waals surface area contributed by atoms with Crippen LogP contribution in [0.2, 0.25) is 0 Å². The van der Waals surface area contributed by atoms with Crippen LogP contribution in [0, 0.1) is 22.7 Å². The van der Waals surface area contributed by atoms with Crippen molar-refractivity contribution in [1.82, 2.24) is 0 Å². The van der Waals surface area contributed by atoms with Gasteiger partial charge in [0.1, 0.15) is 29.7 Å². The van der Waals surface area contributed by atoms with E-state index in [-0.39, 0.29) is 5.56 Å². The van der Waals surface area contributed by atoms with Crippen molar-refractivity contribution in [3.63, 3.8) is 0 Å². The third-order valence-electron chi connectivity index (χ3n) is 3.78. The van der Waals surface area contributed by atoms with Crippen LogP contribution in [0.5, 0.6) is 11.5 Å². The molecule has 0 bridgehead atoms. The summed E-state index contributed by atoms with van der Waals surface area (Å²) in [6.45, 7) is 0. The van der Waals surface area contributed by atoms with Gasteiger partial charge in [0.05, 0.1) is 11.1 Å². The Hall–Kier alpha value is -3.60. The quantitative estimate of drug-likeness (QED) is 0.775. The maximum atomic E-state index is 10.4. The largest absolute Gasteiger partial charge is 0.457 e. The summed E-state index contributed by atoms with van der Waals surface area (Å²) < 4.78 is 5.72. The summed E-state index contributed by atoms with van der Waals surface area (Å²) in [4.78, 5) is 0. The van der Waals surface area contributed by atoms with Gasteiger partial charge in [-0.05, 0) is 41.5 Å². The second-order valence-electron chi connectivity index (χ2n) is 5.42. The number of rotatable bonds is 4. The highest BCUT2D eigenvalue weighted by atomic mass is 16.5. The molecule has 25 heavy (non-hydrogen) atoms. The lowest BCUT2D eigenvalue weighted by molar-refractivity contribution is 0.220. The van der Waals surface area contributed by atoms with Crippen LogP contribution in [-0.2, 0) is 0 Å². The molecule has 1 atom stereocenters. The highest BCUT2D eigenvalue weighted by molar-refractivity contribution is 5.50. The van der Waals surface area contributed by atoms with Gasteiger partial charge in [-0.2, -0.15) is 10.5 Å². The summed E-state index contributed by atoms with van der Waals surface area (Å²) in [5.74, 6) is 1.06. The first-order chi connectivity index (χ1) is 12.2. The van der Waals surface area contributed by atoms with Crippen molar-refractivity contribution in [3.05, 3.63) is 95.1 Å². The summed E-state index contributed by atoms with van der Waals surface area (Å²) in [5.41, 5.74) is 2.17. The van der Waals surface area contributed by atoms with Crippen LogP contribution in [0.1, 0.15) is 28.4 Å². The second kappa shape index (κ2) is 7.31. The number of aliphatic hydroxyl groups is 1. The van der Waals surface area contributed by atoms with E-state index in [1.807, 2.05) is 42.5 Å². The number of hydrogen-bond acceptors (Lipinski definition) is 4. The predicted octanol–water partition coefficient (Wildman–Crippen LogP) is 4.30. The molecule has 0 aromatic heterocycles. The summed E-state index contributed by atoms with van der Waals surface area (Å²) in [6.07, 6.45) is -0.699. The number of benzene rings is 3. The Balaban J connectivity index is 1.78. The molecule has 3 aromatic carbocycles. The fourth-order valence-corrected chi connectivity index (χ4v) is 2.46. The Morgan fingerprint density at radius 1 is 0.720 bits per heavy atom. The van der Waals surface area contributed by atoms with E-state index in [4.69, 9.17) is 15.3 Å². The Labute approximate surface area is 145 Å². The van der Waals surface area contributed by atoms with Gasteiger partial charge >= 0.3 is 0 Å². The van der Waals surface area contributed by atoms with Crippen molar-refractivity contribution in [2.75, 3.05) is 0 Å². The molecule has 3 rings (SSSR count). The van der Waals surface area contributed by atoms with Gasteiger partial charge in [-0.15, -0.1) is 0 Å². The van der Waals surface area contributed by atoms with Gasteiger partial charge in [0.2, 0.25) is 0 Å². The molecule has 0 fully saturated rings. The Bertz CT molecular complexity index is 952. The Morgan fingerprint density at radius 3 is 1.96 bits per heavy atom.